The molecule has 3 heteroatoms. The molecule has 3 aliphatic rings. The fourth-order valence-electron chi connectivity index (χ4n) is 4.88. The number of aryl methyl sites for hydroxylation is 1. The third-order valence-corrected chi connectivity index (χ3v) is 6.23. The van der Waals surface area contributed by atoms with Gasteiger partial charge in [-0.05, 0) is 55.7 Å². The number of fused-ring (bicyclic) bond motifs is 2. The summed E-state index contributed by atoms with van der Waals surface area (Å²) in [6, 6.07) is 7.15. The maximum absolute atomic E-state index is 6.17. The van der Waals surface area contributed by atoms with Crippen molar-refractivity contribution in [1.29, 1.82) is 0 Å². The van der Waals surface area contributed by atoms with E-state index in [1.807, 2.05) is 6.07 Å². The fraction of sp³-hybridized carbons (Fsp3) is 0.667. The van der Waals surface area contributed by atoms with E-state index in [1.54, 1.807) is 0 Å². The molecule has 0 amide bonds. The summed E-state index contributed by atoms with van der Waals surface area (Å²) in [6.07, 6.45) is 5.98. The average Bonchev–Trinajstić information content (AvgIpc) is 3.13. The standard InChI is InChI=1S/C18H25ClN2/c1-13-2-5-16(19)12-17(13)20-6-8-21(9-7-20)18-11-14-3-4-15(18)10-14/h2,5,12,14-15,18H,3-4,6-11H2,1H3/t14-,15-,18-/m0/s1. The number of anilines is 1. The first kappa shape index (κ1) is 13.9. The maximum Gasteiger partial charge on any atom is 0.0426 e. The molecule has 1 heterocycles. The van der Waals surface area contributed by atoms with Gasteiger partial charge in [-0.3, -0.25) is 4.90 Å². The van der Waals surface area contributed by atoms with Crippen LogP contribution in [0.25, 0.3) is 0 Å². The van der Waals surface area contributed by atoms with E-state index in [2.05, 4.69) is 28.9 Å². The molecule has 114 valence electrons. The van der Waals surface area contributed by atoms with Crippen molar-refractivity contribution in [1.82, 2.24) is 4.90 Å². The van der Waals surface area contributed by atoms with Crippen molar-refractivity contribution in [3.8, 4) is 0 Å². The van der Waals surface area contributed by atoms with E-state index >= 15 is 0 Å². The van der Waals surface area contributed by atoms with Crippen LogP contribution in [0.3, 0.4) is 0 Å². The van der Waals surface area contributed by atoms with Crippen LogP contribution in [0.15, 0.2) is 18.2 Å². The lowest BCUT2D eigenvalue weighted by Gasteiger charge is -2.42. The van der Waals surface area contributed by atoms with E-state index in [0.29, 0.717) is 0 Å². The second kappa shape index (κ2) is 5.48. The largest absolute Gasteiger partial charge is 0.369 e. The molecule has 2 aliphatic carbocycles. The van der Waals surface area contributed by atoms with Crippen LogP contribution in [0.1, 0.15) is 31.2 Å². The number of rotatable bonds is 2. The molecule has 4 rings (SSSR count). The highest BCUT2D eigenvalue weighted by Gasteiger charge is 2.42. The molecule has 0 unspecified atom stereocenters. The third-order valence-electron chi connectivity index (χ3n) is 6.00. The number of piperazine rings is 1. The Labute approximate surface area is 133 Å². The first-order chi connectivity index (χ1) is 10.2. The van der Waals surface area contributed by atoms with E-state index in [0.717, 1.165) is 36.0 Å². The van der Waals surface area contributed by atoms with Gasteiger partial charge in [-0.1, -0.05) is 24.1 Å². The lowest BCUT2D eigenvalue weighted by molar-refractivity contribution is 0.135. The van der Waals surface area contributed by atoms with Gasteiger partial charge in [-0.2, -0.15) is 0 Å². The minimum absolute atomic E-state index is 0.853. The van der Waals surface area contributed by atoms with Crippen LogP contribution in [0, 0.1) is 18.8 Å². The Hall–Kier alpha value is -0.730. The van der Waals surface area contributed by atoms with Gasteiger partial charge in [-0.25, -0.2) is 0 Å². The van der Waals surface area contributed by atoms with E-state index in [9.17, 15) is 0 Å². The number of hydrogen-bond donors (Lipinski definition) is 0. The summed E-state index contributed by atoms with van der Waals surface area (Å²) < 4.78 is 0. The Balaban J connectivity index is 1.41. The molecule has 2 bridgehead atoms. The monoisotopic (exact) mass is 304 g/mol. The number of nitrogens with zero attached hydrogens (tertiary/aromatic N) is 2. The SMILES string of the molecule is Cc1ccc(Cl)cc1N1CCN([C@H]2C[C@H]3CC[C@H]2C3)CC1. The average molecular weight is 305 g/mol. The van der Waals surface area contributed by atoms with Crippen LogP contribution in [-0.4, -0.2) is 37.1 Å². The third kappa shape index (κ3) is 2.57. The van der Waals surface area contributed by atoms with Crippen LogP contribution in [0.4, 0.5) is 5.69 Å². The second-order valence-corrected chi connectivity index (χ2v) is 7.63. The van der Waals surface area contributed by atoms with Crippen molar-refractivity contribution >= 4 is 17.3 Å². The Morgan fingerprint density at radius 1 is 1.05 bits per heavy atom. The Morgan fingerprint density at radius 3 is 2.52 bits per heavy atom. The van der Waals surface area contributed by atoms with E-state index < -0.39 is 0 Å². The Bertz CT molecular complexity index is 522. The van der Waals surface area contributed by atoms with Gasteiger partial charge in [0.25, 0.3) is 0 Å². The molecule has 3 fully saturated rings. The first-order valence-corrected chi connectivity index (χ1v) is 8.83. The molecule has 3 atom stereocenters. The van der Waals surface area contributed by atoms with Gasteiger partial charge in [0.15, 0.2) is 0 Å². The molecule has 0 aromatic heterocycles. The van der Waals surface area contributed by atoms with Crippen LogP contribution < -0.4 is 4.90 Å². The summed E-state index contributed by atoms with van der Waals surface area (Å²) in [6.45, 7) is 6.93. The summed E-state index contributed by atoms with van der Waals surface area (Å²) >= 11 is 6.17. The lowest BCUT2D eigenvalue weighted by Crippen LogP contribution is -2.51. The first-order valence-electron chi connectivity index (χ1n) is 8.46. The van der Waals surface area contributed by atoms with Gasteiger partial charge in [-0.15, -0.1) is 0 Å². The van der Waals surface area contributed by atoms with Gasteiger partial charge >= 0.3 is 0 Å². The summed E-state index contributed by atoms with van der Waals surface area (Å²) in [7, 11) is 0. The highest BCUT2D eigenvalue weighted by molar-refractivity contribution is 6.30. The minimum atomic E-state index is 0.853. The molecular weight excluding hydrogens is 280 g/mol. The van der Waals surface area contributed by atoms with Gasteiger partial charge < -0.3 is 4.90 Å². The van der Waals surface area contributed by atoms with Gasteiger partial charge in [0.05, 0.1) is 0 Å². The molecule has 2 nitrogen and oxygen atoms in total. The predicted molar refractivity (Wildman–Crippen MR) is 89.2 cm³/mol. The number of halogens is 1. The molecule has 0 radical (unpaired) electrons. The number of hydrogen-bond acceptors (Lipinski definition) is 2. The zero-order chi connectivity index (χ0) is 14.4. The molecule has 1 aromatic rings. The van der Waals surface area contributed by atoms with Gasteiger partial charge in [0.1, 0.15) is 0 Å². The minimum Gasteiger partial charge on any atom is -0.369 e. The summed E-state index contributed by atoms with van der Waals surface area (Å²) in [5, 5.41) is 0.853. The Kier molecular flexibility index (Phi) is 3.63. The van der Waals surface area contributed by atoms with Crippen molar-refractivity contribution in [3.63, 3.8) is 0 Å². The highest BCUT2D eigenvalue weighted by Crippen LogP contribution is 2.46. The van der Waals surface area contributed by atoms with Crippen LogP contribution in [-0.2, 0) is 0 Å². The van der Waals surface area contributed by atoms with Crippen LogP contribution >= 0.6 is 11.6 Å². The lowest BCUT2D eigenvalue weighted by atomic mass is 9.93. The maximum atomic E-state index is 6.17. The van der Waals surface area contributed by atoms with Crippen LogP contribution in [0.5, 0.6) is 0 Å². The molecule has 21 heavy (non-hydrogen) atoms. The summed E-state index contributed by atoms with van der Waals surface area (Å²) in [5.74, 6) is 2.06. The normalized spacial score (nSPS) is 32.9. The number of benzene rings is 1. The van der Waals surface area contributed by atoms with E-state index in [4.69, 9.17) is 11.6 Å². The van der Waals surface area contributed by atoms with Crippen molar-refractivity contribution < 1.29 is 0 Å². The van der Waals surface area contributed by atoms with Crippen LogP contribution in [0.2, 0.25) is 5.02 Å². The van der Waals surface area contributed by atoms with Gasteiger partial charge in [0, 0.05) is 42.9 Å². The van der Waals surface area contributed by atoms with Crippen molar-refractivity contribution in [2.45, 2.75) is 38.6 Å². The molecule has 2 saturated carbocycles. The zero-order valence-corrected chi connectivity index (χ0v) is 13.6. The molecule has 1 aliphatic heterocycles. The molecule has 0 N–H and O–H groups in total. The van der Waals surface area contributed by atoms with Crippen molar-refractivity contribution in [3.05, 3.63) is 28.8 Å². The molecule has 1 aromatic carbocycles. The van der Waals surface area contributed by atoms with Gasteiger partial charge in [0.2, 0.25) is 0 Å². The summed E-state index contributed by atoms with van der Waals surface area (Å²) in [5.41, 5.74) is 2.67. The molecule has 0 spiro atoms. The quantitative estimate of drug-likeness (QED) is 0.816. The summed E-state index contributed by atoms with van der Waals surface area (Å²) in [4.78, 5) is 5.30. The predicted octanol–water partition coefficient (Wildman–Crippen LogP) is 3.96. The topological polar surface area (TPSA) is 6.48 Å². The van der Waals surface area contributed by atoms with E-state index in [1.165, 1.54) is 50.0 Å². The molecule has 1 saturated heterocycles. The van der Waals surface area contributed by atoms with E-state index in [-0.39, 0.29) is 0 Å². The van der Waals surface area contributed by atoms with Crippen molar-refractivity contribution in [2.24, 2.45) is 11.8 Å². The highest BCUT2D eigenvalue weighted by atomic mass is 35.5. The fourth-order valence-corrected chi connectivity index (χ4v) is 5.04. The second-order valence-electron chi connectivity index (χ2n) is 7.20. The van der Waals surface area contributed by atoms with Crippen molar-refractivity contribution in [2.75, 3.05) is 31.1 Å². The molecular formula is C18H25ClN2. The smallest absolute Gasteiger partial charge is 0.0426 e. The zero-order valence-electron chi connectivity index (χ0n) is 12.9. The Morgan fingerprint density at radius 2 is 1.86 bits per heavy atom.